The van der Waals surface area contributed by atoms with Crippen molar-refractivity contribution in [2.24, 2.45) is 0 Å². The molecular weight excluding hydrogens is 354 g/mol. The first-order chi connectivity index (χ1) is 13.4. The van der Waals surface area contributed by atoms with Crippen LogP contribution < -0.4 is 5.32 Å². The Balaban J connectivity index is 2.01. The number of ether oxygens (including phenoxy) is 1. The maximum Gasteiger partial charge on any atom is 0.339 e. The minimum absolute atomic E-state index is 0.387. The fraction of sp³-hybridized carbons (Fsp3) is 0.381. The van der Waals surface area contributed by atoms with Crippen LogP contribution in [0.15, 0.2) is 30.6 Å². The van der Waals surface area contributed by atoms with Gasteiger partial charge in [-0.3, -0.25) is 0 Å². The molecule has 0 aliphatic carbocycles. The molecule has 28 heavy (non-hydrogen) atoms. The van der Waals surface area contributed by atoms with Crippen molar-refractivity contribution in [1.82, 2.24) is 19.4 Å². The van der Waals surface area contributed by atoms with Gasteiger partial charge in [-0.25, -0.2) is 14.8 Å². The van der Waals surface area contributed by atoms with E-state index in [1.54, 1.807) is 12.4 Å². The van der Waals surface area contributed by atoms with Gasteiger partial charge in [-0.15, -0.1) is 0 Å². The van der Waals surface area contributed by atoms with E-state index < -0.39 is 0 Å². The maximum absolute atomic E-state index is 12.1. The highest BCUT2D eigenvalue weighted by atomic mass is 16.5. The fourth-order valence-corrected chi connectivity index (χ4v) is 3.39. The van der Waals surface area contributed by atoms with Crippen LogP contribution in [0.3, 0.4) is 0 Å². The molecule has 7 heteroatoms. The Morgan fingerprint density at radius 3 is 2.68 bits per heavy atom. The van der Waals surface area contributed by atoms with Crippen molar-refractivity contribution in [3.8, 4) is 0 Å². The third kappa shape index (κ3) is 3.84. The Morgan fingerprint density at radius 2 is 1.96 bits per heavy atom. The Bertz CT molecular complexity index is 994. The normalized spacial score (nSPS) is 11.2. The van der Waals surface area contributed by atoms with Crippen LogP contribution in [0.4, 0.5) is 11.5 Å². The molecule has 148 valence electrons. The average Bonchev–Trinajstić information content (AvgIpc) is 2.93. The second kappa shape index (κ2) is 8.39. The van der Waals surface area contributed by atoms with Gasteiger partial charge in [0, 0.05) is 12.2 Å². The number of carbonyl (C=O) groups excluding carboxylic acids is 1. The van der Waals surface area contributed by atoms with Crippen molar-refractivity contribution in [3.05, 3.63) is 47.4 Å². The van der Waals surface area contributed by atoms with E-state index in [9.17, 15) is 4.79 Å². The lowest BCUT2D eigenvalue weighted by molar-refractivity contribution is 0.0602. The molecule has 0 aliphatic rings. The molecular formula is C21H27N5O2. The van der Waals surface area contributed by atoms with E-state index in [0.717, 1.165) is 36.1 Å². The van der Waals surface area contributed by atoms with Gasteiger partial charge < -0.3 is 19.5 Å². The zero-order chi connectivity index (χ0) is 20.3. The van der Waals surface area contributed by atoms with Gasteiger partial charge in [0.1, 0.15) is 17.8 Å². The molecule has 0 saturated carbocycles. The Morgan fingerprint density at radius 1 is 1.21 bits per heavy atom. The SMILES string of the molecule is COC(=O)c1ccccc1Nc1ncnc2c1c(C)c(C)n2CCCN(C)C. The van der Waals surface area contributed by atoms with E-state index in [0.29, 0.717) is 17.1 Å². The number of nitrogens with zero attached hydrogens (tertiary/aromatic N) is 4. The van der Waals surface area contributed by atoms with E-state index >= 15 is 0 Å². The Labute approximate surface area is 165 Å². The van der Waals surface area contributed by atoms with Crippen LogP contribution in [0.2, 0.25) is 0 Å². The fourth-order valence-electron chi connectivity index (χ4n) is 3.39. The molecule has 0 aliphatic heterocycles. The highest BCUT2D eigenvalue weighted by Gasteiger charge is 2.18. The minimum Gasteiger partial charge on any atom is -0.465 e. The van der Waals surface area contributed by atoms with Crippen molar-refractivity contribution in [2.75, 3.05) is 33.1 Å². The van der Waals surface area contributed by atoms with Crippen LogP contribution in [-0.4, -0.2) is 53.2 Å². The first-order valence-corrected chi connectivity index (χ1v) is 9.33. The van der Waals surface area contributed by atoms with Crippen molar-refractivity contribution >= 4 is 28.5 Å². The molecule has 2 aromatic heterocycles. The maximum atomic E-state index is 12.1. The van der Waals surface area contributed by atoms with Gasteiger partial charge in [0.15, 0.2) is 0 Å². The van der Waals surface area contributed by atoms with E-state index in [1.807, 2.05) is 18.2 Å². The zero-order valence-corrected chi connectivity index (χ0v) is 17.1. The number of carbonyl (C=O) groups is 1. The zero-order valence-electron chi connectivity index (χ0n) is 17.1. The van der Waals surface area contributed by atoms with Crippen molar-refractivity contribution in [3.63, 3.8) is 0 Å². The molecule has 0 amide bonds. The van der Waals surface area contributed by atoms with E-state index in [-0.39, 0.29) is 5.97 Å². The number of hydrogen-bond donors (Lipinski definition) is 1. The van der Waals surface area contributed by atoms with Crippen LogP contribution in [0.5, 0.6) is 0 Å². The monoisotopic (exact) mass is 381 g/mol. The van der Waals surface area contributed by atoms with Crippen LogP contribution in [0, 0.1) is 13.8 Å². The molecule has 0 bridgehead atoms. The van der Waals surface area contributed by atoms with Gasteiger partial charge in [0.25, 0.3) is 0 Å². The average molecular weight is 381 g/mol. The summed E-state index contributed by atoms with van der Waals surface area (Å²) in [4.78, 5) is 23.3. The minimum atomic E-state index is -0.387. The highest BCUT2D eigenvalue weighted by Crippen LogP contribution is 2.31. The van der Waals surface area contributed by atoms with Crippen LogP contribution in [0.25, 0.3) is 11.0 Å². The number of fused-ring (bicyclic) bond motifs is 1. The number of aromatic nitrogens is 3. The summed E-state index contributed by atoms with van der Waals surface area (Å²) >= 11 is 0. The number of rotatable bonds is 7. The number of benzene rings is 1. The summed E-state index contributed by atoms with van der Waals surface area (Å²) < 4.78 is 7.14. The summed E-state index contributed by atoms with van der Waals surface area (Å²) in [7, 11) is 5.53. The summed E-state index contributed by atoms with van der Waals surface area (Å²) in [6.45, 7) is 6.10. The summed E-state index contributed by atoms with van der Waals surface area (Å²) in [6.07, 6.45) is 2.60. The van der Waals surface area contributed by atoms with E-state index in [4.69, 9.17) is 4.74 Å². The third-order valence-corrected chi connectivity index (χ3v) is 4.98. The lowest BCUT2D eigenvalue weighted by Crippen LogP contribution is -2.15. The number of hydrogen-bond acceptors (Lipinski definition) is 6. The first kappa shape index (κ1) is 19.8. The molecule has 3 aromatic rings. The second-order valence-corrected chi connectivity index (χ2v) is 7.10. The van der Waals surface area contributed by atoms with Crippen molar-refractivity contribution in [2.45, 2.75) is 26.8 Å². The molecule has 0 radical (unpaired) electrons. The largest absolute Gasteiger partial charge is 0.465 e. The van der Waals surface area contributed by atoms with E-state index in [1.165, 1.54) is 12.8 Å². The lowest BCUT2D eigenvalue weighted by Gasteiger charge is -2.12. The van der Waals surface area contributed by atoms with Gasteiger partial charge >= 0.3 is 5.97 Å². The molecule has 1 N–H and O–H groups in total. The molecule has 2 heterocycles. The molecule has 0 saturated heterocycles. The van der Waals surface area contributed by atoms with Gasteiger partial charge in [-0.05, 0) is 58.6 Å². The number of aryl methyl sites for hydroxylation is 2. The Hall–Kier alpha value is -2.93. The smallest absolute Gasteiger partial charge is 0.339 e. The standard InChI is InChI=1S/C21H27N5O2/c1-14-15(2)26(12-8-11-25(3)4)20-18(14)19(22-13-23-20)24-17-10-7-6-9-16(17)21(27)28-5/h6-7,9-10,13H,8,11-12H2,1-5H3,(H,22,23,24). The lowest BCUT2D eigenvalue weighted by atomic mass is 10.1. The predicted molar refractivity (Wildman–Crippen MR) is 111 cm³/mol. The van der Waals surface area contributed by atoms with Gasteiger partial charge in [-0.2, -0.15) is 0 Å². The van der Waals surface area contributed by atoms with Crippen LogP contribution >= 0.6 is 0 Å². The number of methoxy groups -OCH3 is 1. The second-order valence-electron chi connectivity index (χ2n) is 7.10. The van der Waals surface area contributed by atoms with Gasteiger partial charge in [0.05, 0.1) is 23.7 Å². The van der Waals surface area contributed by atoms with Gasteiger partial charge in [-0.1, -0.05) is 12.1 Å². The number of esters is 1. The summed E-state index contributed by atoms with van der Waals surface area (Å²) in [5.41, 5.74) is 4.35. The van der Waals surface area contributed by atoms with Crippen molar-refractivity contribution < 1.29 is 9.53 Å². The first-order valence-electron chi connectivity index (χ1n) is 9.33. The summed E-state index contributed by atoms with van der Waals surface area (Å²) in [5.74, 6) is 0.302. The molecule has 0 spiro atoms. The van der Waals surface area contributed by atoms with E-state index in [2.05, 4.69) is 52.7 Å². The number of para-hydroxylation sites is 1. The molecule has 3 rings (SSSR count). The molecule has 0 fully saturated rings. The van der Waals surface area contributed by atoms with Crippen molar-refractivity contribution in [1.29, 1.82) is 0 Å². The predicted octanol–water partition coefficient (Wildman–Crippen LogP) is 3.53. The van der Waals surface area contributed by atoms with Crippen LogP contribution in [-0.2, 0) is 11.3 Å². The molecule has 7 nitrogen and oxygen atoms in total. The summed E-state index contributed by atoms with van der Waals surface area (Å²) in [6, 6.07) is 7.26. The number of anilines is 2. The number of nitrogens with one attached hydrogen (secondary N) is 1. The molecule has 0 unspecified atom stereocenters. The molecule has 0 atom stereocenters. The summed E-state index contributed by atoms with van der Waals surface area (Å²) in [5, 5.41) is 4.29. The topological polar surface area (TPSA) is 72.3 Å². The highest BCUT2D eigenvalue weighted by molar-refractivity contribution is 5.99. The molecule has 1 aromatic carbocycles. The third-order valence-electron chi connectivity index (χ3n) is 4.98. The quantitative estimate of drug-likeness (QED) is 0.631. The van der Waals surface area contributed by atoms with Gasteiger partial charge in [0.2, 0.25) is 0 Å². The van der Waals surface area contributed by atoms with Crippen LogP contribution in [0.1, 0.15) is 28.0 Å². The Kier molecular flexibility index (Phi) is 5.94.